The second kappa shape index (κ2) is 16.6. The van der Waals surface area contributed by atoms with Gasteiger partial charge in [0.05, 0.1) is 6.04 Å². The standard InChI is InChI=1S/C41H62N2O7S2/c1-40(2,3)30(25-42(6)52(49,50)35-17-14-20-51-35)24-31(44)22-29-16-13-11-9-7-8-10-12-15-28(38(47)34(46)21-27-18-19-27)23-33(45)37-36-32(41(36,4)5)26-43(37)39(29)48/h14,17,20,27-30,32,36-37H,7-13,15-16,18-19,21-26H2,1-6H3/t28-,29-,30-,32+,36+,37-/m1/s1. The SMILES string of the molecule is CN(C[C@@H](CC(=O)C[C@H]1CCCCCCCCC[C@@H](C(=O)C(=O)CC2CC2)CC(=O)[C@@H]2[C@@H]3[C@H](CN2C1=O)C3(C)C)C(C)(C)C)S(=O)(=O)c1cccs1. The summed E-state index contributed by atoms with van der Waals surface area (Å²) in [6.07, 6.45) is 10.1. The van der Waals surface area contributed by atoms with Crippen LogP contribution in [-0.4, -0.2) is 72.8 Å². The third-order valence-corrected chi connectivity index (χ3v) is 16.0. The van der Waals surface area contributed by atoms with Crippen molar-refractivity contribution in [2.75, 3.05) is 20.1 Å². The Morgan fingerprint density at radius 3 is 2.19 bits per heavy atom. The molecule has 2 saturated carbocycles. The van der Waals surface area contributed by atoms with Gasteiger partial charge in [-0.05, 0) is 71.6 Å². The monoisotopic (exact) mass is 758 g/mol. The largest absolute Gasteiger partial charge is 0.332 e. The molecule has 0 aromatic carbocycles. The second-order valence-electron chi connectivity index (χ2n) is 18.2. The van der Waals surface area contributed by atoms with Gasteiger partial charge < -0.3 is 4.90 Å². The van der Waals surface area contributed by atoms with Gasteiger partial charge in [-0.25, -0.2) is 8.42 Å². The molecule has 0 bridgehead atoms. The zero-order chi connectivity index (χ0) is 38.0. The van der Waals surface area contributed by atoms with Gasteiger partial charge in [0.2, 0.25) is 11.7 Å². The van der Waals surface area contributed by atoms with Crippen molar-refractivity contribution in [1.82, 2.24) is 9.21 Å². The predicted molar refractivity (Wildman–Crippen MR) is 203 cm³/mol. The minimum atomic E-state index is -3.69. The number of carbonyl (C=O) groups is 5. The number of rotatable bonds is 12. The molecule has 4 aliphatic rings. The van der Waals surface area contributed by atoms with Crippen LogP contribution in [0, 0.1) is 46.3 Å². The van der Waals surface area contributed by atoms with E-state index in [0.29, 0.717) is 25.3 Å². The van der Waals surface area contributed by atoms with Crippen molar-refractivity contribution in [2.45, 2.75) is 141 Å². The molecule has 0 N–H and O–H groups in total. The summed E-state index contributed by atoms with van der Waals surface area (Å²) in [5, 5.41) is 1.73. The quantitative estimate of drug-likeness (QED) is 0.202. The maximum atomic E-state index is 14.6. The van der Waals surface area contributed by atoms with E-state index in [0.717, 1.165) is 57.8 Å². The zero-order valence-corrected chi connectivity index (χ0v) is 34.0. The van der Waals surface area contributed by atoms with Crippen molar-refractivity contribution >= 4 is 50.4 Å². The van der Waals surface area contributed by atoms with Gasteiger partial charge in [-0.15, -0.1) is 11.3 Å². The summed E-state index contributed by atoms with van der Waals surface area (Å²) in [5.41, 5.74) is -0.466. The van der Waals surface area contributed by atoms with Gasteiger partial charge in [0.15, 0.2) is 11.6 Å². The molecule has 52 heavy (non-hydrogen) atoms. The predicted octanol–water partition coefficient (Wildman–Crippen LogP) is 7.52. The molecule has 9 nitrogen and oxygen atoms in total. The highest BCUT2D eigenvalue weighted by Gasteiger charge is 2.69. The van der Waals surface area contributed by atoms with Crippen LogP contribution >= 0.6 is 11.3 Å². The number of hydrogen-bond donors (Lipinski definition) is 0. The van der Waals surface area contributed by atoms with E-state index < -0.39 is 33.7 Å². The molecule has 0 unspecified atom stereocenters. The number of fused-ring (bicyclic) bond motifs is 3. The number of thiophene rings is 1. The third-order valence-electron chi connectivity index (χ3n) is 12.9. The molecule has 2 aliphatic carbocycles. The van der Waals surface area contributed by atoms with Gasteiger partial charge >= 0.3 is 0 Å². The fraction of sp³-hybridized carbons (Fsp3) is 0.780. The van der Waals surface area contributed by atoms with Crippen LogP contribution in [0.3, 0.4) is 0 Å². The highest BCUT2D eigenvalue weighted by Crippen LogP contribution is 2.65. The fourth-order valence-corrected chi connectivity index (χ4v) is 11.4. The first-order valence-corrected chi connectivity index (χ1v) is 22.2. The van der Waals surface area contributed by atoms with Crippen molar-refractivity contribution in [3.63, 3.8) is 0 Å². The number of carbonyl (C=O) groups excluding carboxylic acids is 5. The summed E-state index contributed by atoms with van der Waals surface area (Å²) in [4.78, 5) is 71.0. The van der Waals surface area contributed by atoms with Gasteiger partial charge in [-0.1, -0.05) is 85.6 Å². The van der Waals surface area contributed by atoms with Crippen LogP contribution in [0.25, 0.3) is 0 Å². The first kappa shape index (κ1) is 40.9. The maximum absolute atomic E-state index is 14.6. The number of hydrogen-bond acceptors (Lipinski definition) is 8. The van der Waals surface area contributed by atoms with E-state index in [1.165, 1.54) is 15.6 Å². The Morgan fingerprint density at radius 2 is 1.60 bits per heavy atom. The van der Waals surface area contributed by atoms with Crippen LogP contribution in [0.15, 0.2) is 21.7 Å². The fourth-order valence-electron chi connectivity index (χ4n) is 8.95. The molecule has 1 aromatic rings. The summed E-state index contributed by atoms with van der Waals surface area (Å²) >= 11 is 1.17. The van der Waals surface area contributed by atoms with E-state index in [9.17, 15) is 32.4 Å². The van der Waals surface area contributed by atoms with E-state index in [-0.39, 0.29) is 88.3 Å². The number of Topliss-reactive ketones (excluding diaryl/α,β-unsaturated/α-hetero) is 4. The van der Waals surface area contributed by atoms with Crippen LogP contribution in [-0.2, 0) is 34.0 Å². The summed E-state index contributed by atoms with van der Waals surface area (Å²) in [5.74, 6) is -2.09. The molecular weight excluding hydrogens is 697 g/mol. The lowest BCUT2D eigenvalue weighted by atomic mass is 9.76. The average molecular weight is 759 g/mol. The molecular formula is C41H62N2O7S2. The van der Waals surface area contributed by atoms with Gasteiger partial charge in [-0.2, -0.15) is 4.31 Å². The minimum Gasteiger partial charge on any atom is -0.332 e. The summed E-state index contributed by atoms with van der Waals surface area (Å²) in [6.45, 7) is 11.0. The van der Waals surface area contributed by atoms with Gasteiger partial charge in [0.1, 0.15) is 9.99 Å². The van der Waals surface area contributed by atoms with Crippen molar-refractivity contribution < 1.29 is 32.4 Å². The summed E-state index contributed by atoms with van der Waals surface area (Å²) in [6, 6.07) is 2.65. The Hall–Kier alpha value is -2.24. The van der Waals surface area contributed by atoms with Crippen molar-refractivity contribution in [3.8, 4) is 0 Å². The van der Waals surface area contributed by atoms with Gasteiger partial charge in [0.25, 0.3) is 10.0 Å². The number of sulfonamides is 1. The lowest BCUT2D eigenvalue weighted by Gasteiger charge is -2.35. The normalized spacial score (nSPS) is 28.3. The Morgan fingerprint density at radius 1 is 0.962 bits per heavy atom. The Labute approximate surface area is 316 Å². The maximum Gasteiger partial charge on any atom is 0.252 e. The summed E-state index contributed by atoms with van der Waals surface area (Å²) < 4.78 is 28.1. The molecule has 1 aromatic heterocycles. The molecule has 2 saturated heterocycles. The van der Waals surface area contributed by atoms with Gasteiger partial charge in [-0.3, -0.25) is 24.0 Å². The second-order valence-corrected chi connectivity index (χ2v) is 21.4. The van der Waals surface area contributed by atoms with E-state index in [4.69, 9.17) is 0 Å². The lowest BCUT2D eigenvalue weighted by molar-refractivity contribution is -0.145. The highest BCUT2D eigenvalue weighted by molar-refractivity contribution is 7.91. The molecule has 6 atom stereocenters. The van der Waals surface area contributed by atoms with Gasteiger partial charge in [0, 0.05) is 57.7 Å². The number of piperidine rings is 1. The number of amides is 1. The summed E-state index contributed by atoms with van der Waals surface area (Å²) in [7, 11) is -2.13. The lowest BCUT2D eigenvalue weighted by Crippen LogP contribution is -2.49. The molecule has 3 heterocycles. The zero-order valence-electron chi connectivity index (χ0n) is 32.4. The van der Waals surface area contributed by atoms with Crippen molar-refractivity contribution in [3.05, 3.63) is 17.5 Å². The number of nitrogens with zero attached hydrogens (tertiary/aromatic N) is 2. The Balaban J connectivity index is 1.34. The van der Waals surface area contributed by atoms with Crippen molar-refractivity contribution in [2.24, 2.45) is 46.3 Å². The Kier molecular flexibility index (Phi) is 13.1. The highest BCUT2D eigenvalue weighted by atomic mass is 32.2. The van der Waals surface area contributed by atoms with Crippen LogP contribution < -0.4 is 0 Å². The van der Waals surface area contributed by atoms with E-state index >= 15 is 0 Å². The van der Waals surface area contributed by atoms with Crippen LogP contribution in [0.5, 0.6) is 0 Å². The average Bonchev–Trinajstić information content (AvgIpc) is 3.75. The van der Waals surface area contributed by atoms with E-state index in [1.807, 2.05) is 20.8 Å². The smallest absolute Gasteiger partial charge is 0.252 e. The van der Waals surface area contributed by atoms with Crippen molar-refractivity contribution in [1.29, 1.82) is 0 Å². The molecule has 0 radical (unpaired) electrons. The Bertz CT molecular complexity index is 1570. The molecule has 0 spiro atoms. The molecule has 1 amide bonds. The van der Waals surface area contributed by atoms with Crippen LogP contribution in [0.4, 0.5) is 0 Å². The van der Waals surface area contributed by atoms with Crippen LogP contribution in [0.2, 0.25) is 0 Å². The molecule has 4 fully saturated rings. The third kappa shape index (κ3) is 9.70. The first-order chi connectivity index (χ1) is 24.4. The van der Waals surface area contributed by atoms with E-state index in [1.54, 1.807) is 29.5 Å². The van der Waals surface area contributed by atoms with Crippen LogP contribution in [0.1, 0.15) is 131 Å². The van der Waals surface area contributed by atoms with E-state index in [2.05, 4.69) is 13.8 Å². The molecule has 5 rings (SSSR count). The minimum absolute atomic E-state index is 0.00297. The molecule has 290 valence electrons. The topological polar surface area (TPSA) is 126 Å². The molecule has 2 aliphatic heterocycles. The first-order valence-electron chi connectivity index (χ1n) is 19.8. The molecule has 11 heteroatoms. The number of ketones is 4.